The van der Waals surface area contributed by atoms with Crippen molar-refractivity contribution in [2.45, 2.75) is 31.2 Å². The Bertz CT molecular complexity index is 1260. The van der Waals surface area contributed by atoms with Crippen molar-refractivity contribution in [1.82, 2.24) is 14.9 Å². The lowest BCUT2D eigenvalue weighted by atomic mass is 9.86. The van der Waals surface area contributed by atoms with Gasteiger partial charge in [0.2, 0.25) is 11.8 Å². The molecule has 1 aromatic carbocycles. The van der Waals surface area contributed by atoms with E-state index in [1.54, 1.807) is 24.0 Å². The predicted molar refractivity (Wildman–Crippen MR) is 129 cm³/mol. The zero-order valence-corrected chi connectivity index (χ0v) is 20.2. The zero-order valence-electron chi connectivity index (χ0n) is 20.2. The third kappa shape index (κ3) is 6.05. The minimum absolute atomic E-state index is 0.0140. The van der Waals surface area contributed by atoms with Crippen LogP contribution in [0.4, 0.5) is 19.0 Å². The van der Waals surface area contributed by atoms with E-state index in [4.69, 9.17) is 9.47 Å². The number of likely N-dealkylation sites (tertiary alicyclic amines) is 1. The molecule has 0 spiro atoms. The van der Waals surface area contributed by atoms with Crippen LogP contribution in [-0.2, 0) is 4.79 Å². The number of alkyl halides is 2. The van der Waals surface area contributed by atoms with Gasteiger partial charge in [0.25, 0.3) is 5.92 Å². The first-order chi connectivity index (χ1) is 17.7. The molecule has 37 heavy (non-hydrogen) atoms. The third-order valence-electron chi connectivity index (χ3n) is 6.25. The first-order valence-corrected chi connectivity index (χ1v) is 11.5. The van der Waals surface area contributed by atoms with Gasteiger partial charge >= 0.3 is 0 Å². The van der Waals surface area contributed by atoms with Crippen molar-refractivity contribution in [2.24, 2.45) is 0 Å². The van der Waals surface area contributed by atoms with Crippen molar-refractivity contribution in [3.8, 4) is 17.4 Å². The molecule has 4 rings (SSSR count). The molecule has 1 aliphatic heterocycles. The van der Waals surface area contributed by atoms with Crippen LogP contribution in [0.3, 0.4) is 0 Å². The van der Waals surface area contributed by atoms with Gasteiger partial charge in [0.15, 0.2) is 6.29 Å². The molecule has 11 heteroatoms. The largest absolute Gasteiger partial charge is 0.480 e. The number of nitrogens with one attached hydrogen (secondary N) is 1. The summed E-state index contributed by atoms with van der Waals surface area (Å²) in [5.74, 6) is -3.95. The van der Waals surface area contributed by atoms with Gasteiger partial charge < -0.3 is 14.8 Å². The van der Waals surface area contributed by atoms with E-state index in [2.05, 4.69) is 15.3 Å². The number of amides is 1. The minimum Gasteiger partial charge on any atom is -0.480 e. The normalized spacial score (nSPS) is 18.0. The number of piperidine rings is 1. The maximum absolute atomic E-state index is 14.9. The van der Waals surface area contributed by atoms with Gasteiger partial charge in [-0.2, -0.15) is 0 Å². The topological polar surface area (TPSA) is 93.7 Å². The maximum Gasteiger partial charge on any atom is 0.257 e. The Hall–Kier alpha value is -3.99. The van der Waals surface area contributed by atoms with E-state index in [1.165, 1.54) is 49.8 Å². The van der Waals surface area contributed by atoms with E-state index in [0.717, 1.165) is 0 Å². The zero-order chi connectivity index (χ0) is 26.6. The van der Waals surface area contributed by atoms with Crippen LogP contribution in [0.15, 0.2) is 54.9 Å². The van der Waals surface area contributed by atoms with Crippen LogP contribution < -0.4 is 14.8 Å². The smallest absolute Gasteiger partial charge is 0.257 e. The number of hydrogen-bond acceptors (Lipinski definition) is 7. The maximum atomic E-state index is 14.9. The van der Waals surface area contributed by atoms with Crippen molar-refractivity contribution in [3.63, 3.8) is 0 Å². The van der Waals surface area contributed by atoms with Gasteiger partial charge in [-0.3, -0.25) is 14.5 Å². The summed E-state index contributed by atoms with van der Waals surface area (Å²) in [4.78, 5) is 34.0. The summed E-state index contributed by atoms with van der Waals surface area (Å²) in [5.41, 5.74) is 0.278. The Morgan fingerprint density at radius 1 is 1.16 bits per heavy atom. The summed E-state index contributed by atoms with van der Waals surface area (Å²) >= 11 is 0. The summed E-state index contributed by atoms with van der Waals surface area (Å²) in [5, 5.41) is 2.69. The molecule has 3 heterocycles. The summed E-state index contributed by atoms with van der Waals surface area (Å²) in [6.07, 6.45) is 2.74. The quantitative estimate of drug-likeness (QED) is 0.436. The number of rotatable bonds is 8. The van der Waals surface area contributed by atoms with E-state index in [0.29, 0.717) is 17.8 Å². The number of methoxy groups -OCH3 is 1. The number of pyridine rings is 2. The number of aldehydes is 1. The number of nitrogens with zero attached hydrogens (tertiary/aromatic N) is 3. The summed E-state index contributed by atoms with van der Waals surface area (Å²) in [7, 11) is 1.34. The Labute approximate surface area is 211 Å². The number of benzene rings is 1. The van der Waals surface area contributed by atoms with Crippen LogP contribution in [0.2, 0.25) is 0 Å². The summed E-state index contributed by atoms with van der Waals surface area (Å²) < 4.78 is 53.3. The van der Waals surface area contributed by atoms with Crippen molar-refractivity contribution >= 4 is 18.0 Å². The lowest BCUT2D eigenvalue weighted by Gasteiger charge is -2.40. The molecule has 0 bridgehead atoms. The van der Waals surface area contributed by atoms with Crippen LogP contribution >= 0.6 is 0 Å². The molecule has 8 nitrogen and oxygen atoms in total. The molecule has 2 atom stereocenters. The van der Waals surface area contributed by atoms with Crippen molar-refractivity contribution in [1.29, 1.82) is 0 Å². The van der Waals surface area contributed by atoms with Gasteiger partial charge in [-0.1, -0.05) is 0 Å². The Kier molecular flexibility index (Phi) is 7.72. The minimum atomic E-state index is -3.04. The fourth-order valence-corrected chi connectivity index (χ4v) is 4.11. The van der Waals surface area contributed by atoms with Gasteiger partial charge in [0, 0.05) is 25.7 Å². The molecule has 1 amide bonds. The fraction of sp³-hybridized carbons (Fsp3) is 0.308. The SMILES string of the molecule is COc1ncc(C2CN(C(C)C(=O)Nc3ccc(Oc4ccc(F)cc4)cn3)CCC2(F)F)cc1C=O. The first-order valence-electron chi connectivity index (χ1n) is 11.5. The van der Waals surface area contributed by atoms with Crippen molar-refractivity contribution < 1.29 is 32.2 Å². The second-order valence-electron chi connectivity index (χ2n) is 8.64. The van der Waals surface area contributed by atoms with Gasteiger partial charge in [-0.25, -0.2) is 23.1 Å². The second-order valence-corrected chi connectivity index (χ2v) is 8.64. The number of halogens is 3. The number of anilines is 1. The summed E-state index contributed by atoms with van der Waals surface area (Å²) in [6.45, 7) is 1.54. The first kappa shape index (κ1) is 26.1. The van der Waals surface area contributed by atoms with E-state index in [1.807, 2.05) is 0 Å². The highest BCUT2D eigenvalue weighted by Gasteiger charge is 2.46. The number of hydrogen-bond donors (Lipinski definition) is 1. The molecule has 2 unspecified atom stereocenters. The molecule has 2 aromatic heterocycles. The highest BCUT2D eigenvalue weighted by atomic mass is 19.3. The number of carbonyl (C=O) groups excluding carboxylic acids is 2. The lowest BCUT2D eigenvalue weighted by Crippen LogP contribution is -2.52. The average Bonchev–Trinajstić information content (AvgIpc) is 2.90. The van der Waals surface area contributed by atoms with Crippen LogP contribution in [0.25, 0.3) is 0 Å². The van der Waals surface area contributed by atoms with Crippen LogP contribution in [0, 0.1) is 5.82 Å². The number of aromatic nitrogens is 2. The van der Waals surface area contributed by atoms with Gasteiger partial charge in [-0.15, -0.1) is 0 Å². The third-order valence-corrected chi connectivity index (χ3v) is 6.25. The molecule has 3 aromatic rings. The molecule has 194 valence electrons. The van der Waals surface area contributed by atoms with Crippen LogP contribution in [0.5, 0.6) is 17.4 Å². The molecule has 0 saturated carbocycles. The van der Waals surface area contributed by atoms with Gasteiger partial charge in [0.05, 0.1) is 30.8 Å². The molecule has 1 N–H and O–H groups in total. The molecule has 0 radical (unpaired) electrons. The standard InChI is InChI=1S/C26H25F3N4O4/c1-16(24(35)32-23-8-7-21(13-30-23)37-20-5-3-19(27)4-6-20)33-10-9-26(28,29)22(14-33)17-11-18(15-34)25(36-2)31-12-17/h3-8,11-13,15-16,22H,9-10,14H2,1-2H3,(H,30,32,35). The van der Waals surface area contributed by atoms with E-state index in [-0.39, 0.29) is 41.7 Å². The molecular formula is C26H25F3N4O4. The molecule has 0 aliphatic carbocycles. The second kappa shape index (κ2) is 11.0. The van der Waals surface area contributed by atoms with E-state index < -0.39 is 30.2 Å². The highest BCUT2D eigenvalue weighted by molar-refractivity contribution is 5.93. The van der Waals surface area contributed by atoms with E-state index >= 15 is 0 Å². The van der Waals surface area contributed by atoms with E-state index in [9.17, 15) is 22.8 Å². The molecule has 1 aliphatic rings. The molecule has 1 saturated heterocycles. The Morgan fingerprint density at radius 2 is 1.89 bits per heavy atom. The van der Waals surface area contributed by atoms with Crippen molar-refractivity contribution in [3.05, 3.63) is 71.8 Å². The average molecular weight is 515 g/mol. The van der Waals surface area contributed by atoms with Crippen LogP contribution in [-0.4, -0.2) is 59.2 Å². The molecular weight excluding hydrogens is 489 g/mol. The fourth-order valence-electron chi connectivity index (χ4n) is 4.11. The van der Waals surface area contributed by atoms with Gasteiger partial charge in [0.1, 0.15) is 23.1 Å². The van der Waals surface area contributed by atoms with Crippen LogP contribution in [0.1, 0.15) is 35.2 Å². The Morgan fingerprint density at radius 3 is 2.54 bits per heavy atom. The molecule has 1 fully saturated rings. The summed E-state index contributed by atoms with van der Waals surface area (Å²) in [6, 6.07) is 9.25. The Balaban J connectivity index is 1.41. The number of carbonyl (C=O) groups is 2. The van der Waals surface area contributed by atoms with Crippen molar-refractivity contribution in [2.75, 3.05) is 25.5 Å². The lowest BCUT2D eigenvalue weighted by molar-refractivity contribution is -0.125. The number of ether oxygens (including phenoxy) is 2. The monoisotopic (exact) mass is 514 g/mol. The highest BCUT2D eigenvalue weighted by Crippen LogP contribution is 2.41. The van der Waals surface area contributed by atoms with Gasteiger partial charge in [-0.05, 0) is 55.0 Å². The predicted octanol–water partition coefficient (Wildman–Crippen LogP) is 4.68.